The van der Waals surface area contributed by atoms with Crippen LogP contribution < -0.4 is 10.6 Å². The molecule has 2 heteroatoms. The van der Waals surface area contributed by atoms with Gasteiger partial charge in [0.1, 0.15) is 0 Å². The van der Waals surface area contributed by atoms with E-state index >= 15 is 0 Å². The largest absolute Gasteiger partial charge is 0.316 e. The van der Waals surface area contributed by atoms with Crippen molar-refractivity contribution in [1.82, 2.24) is 10.6 Å². The van der Waals surface area contributed by atoms with Crippen LogP contribution in [0.15, 0.2) is 0 Å². The third kappa shape index (κ3) is 6.05. The van der Waals surface area contributed by atoms with Crippen LogP contribution in [0.3, 0.4) is 0 Å². The Morgan fingerprint density at radius 1 is 1.20 bits per heavy atom. The Morgan fingerprint density at radius 3 is 2.40 bits per heavy atom. The van der Waals surface area contributed by atoms with Crippen LogP contribution in [-0.2, 0) is 0 Å². The van der Waals surface area contributed by atoms with E-state index in [4.69, 9.17) is 0 Å². The Morgan fingerprint density at radius 2 is 1.90 bits per heavy atom. The van der Waals surface area contributed by atoms with Gasteiger partial charge in [-0.1, -0.05) is 13.8 Å². The zero-order valence-electron chi connectivity index (χ0n) is 7.41. The first-order valence-electron chi connectivity index (χ1n) is 4.25. The summed E-state index contributed by atoms with van der Waals surface area (Å²) in [7, 11) is 0. The van der Waals surface area contributed by atoms with Crippen molar-refractivity contribution in [1.29, 1.82) is 0 Å². The number of likely N-dealkylation sites (N-methyl/N-ethyl adjacent to an activating group) is 1. The normalized spacial score (nSPS) is 13.5. The molecular formula is C8H20N2. The van der Waals surface area contributed by atoms with E-state index in [2.05, 4.69) is 31.4 Å². The van der Waals surface area contributed by atoms with Crippen molar-refractivity contribution in [2.24, 2.45) is 0 Å². The number of hydrogen-bond acceptors (Lipinski definition) is 2. The van der Waals surface area contributed by atoms with Crippen molar-refractivity contribution >= 4 is 0 Å². The monoisotopic (exact) mass is 144 g/mol. The molecule has 0 aliphatic carbocycles. The fourth-order valence-corrected chi connectivity index (χ4v) is 0.728. The van der Waals surface area contributed by atoms with Crippen LogP contribution in [0.1, 0.15) is 27.2 Å². The Hall–Kier alpha value is -0.0800. The molecule has 10 heavy (non-hydrogen) atoms. The molecule has 0 bridgehead atoms. The van der Waals surface area contributed by atoms with E-state index < -0.39 is 0 Å². The predicted octanol–water partition coefficient (Wildman–Crippen LogP) is 0.984. The van der Waals surface area contributed by atoms with E-state index in [-0.39, 0.29) is 0 Å². The summed E-state index contributed by atoms with van der Waals surface area (Å²) in [6, 6.07) is 0.665. The average molecular weight is 144 g/mol. The Kier molecular flexibility index (Phi) is 6.98. The molecule has 0 aliphatic heterocycles. The average Bonchev–Trinajstić information content (AvgIpc) is 1.98. The van der Waals surface area contributed by atoms with Crippen LogP contribution in [0.4, 0.5) is 0 Å². The smallest absolute Gasteiger partial charge is 0.00792 e. The Balaban J connectivity index is 2.89. The number of hydrogen-bond donors (Lipinski definition) is 2. The molecule has 0 saturated carbocycles. The molecule has 1 atom stereocenters. The van der Waals surface area contributed by atoms with E-state index in [9.17, 15) is 0 Å². The molecule has 0 amide bonds. The molecule has 0 radical (unpaired) electrons. The highest BCUT2D eigenvalue weighted by atomic mass is 15.0. The molecule has 0 spiro atoms. The lowest BCUT2D eigenvalue weighted by molar-refractivity contribution is 0.521. The second-order valence-electron chi connectivity index (χ2n) is 2.62. The Bertz CT molecular complexity index is 64.3. The Labute approximate surface area is 64.4 Å². The van der Waals surface area contributed by atoms with Crippen LogP contribution in [0.5, 0.6) is 0 Å². The number of nitrogens with one attached hydrogen (secondary N) is 2. The van der Waals surface area contributed by atoms with Gasteiger partial charge in [-0.15, -0.1) is 0 Å². The molecule has 0 aromatic rings. The van der Waals surface area contributed by atoms with Gasteiger partial charge in [0.2, 0.25) is 0 Å². The fourth-order valence-electron chi connectivity index (χ4n) is 0.728. The first kappa shape index (κ1) is 9.92. The first-order valence-corrected chi connectivity index (χ1v) is 4.25. The zero-order chi connectivity index (χ0) is 7.82. The maximum atomic E-state index is 3.40. The summed E-state index contributed by atoms with van der Waals surface area (Å²) in [5, 5.41) is 6.67. The summed E-state index contributed by atoms with van der Waals surface area (Å²) in [6.07, 6.45) is 1.21. The highest BCUT2D eigenvalue weighted by molar-refractivity contribution is 4.57. The summed E-state index contributed by atoms with van der Waals surface area (Å²) >= 11 is 0. The summed E-state index contributed by atoms with van der Waals surface area (Å²) in [5.74, 6) is 0. The molecule has 0 aliphatic rings. The van der Waals surface area contributed by atoms with Crippen molar-refractivity contribution in [2.45, 2.75) is 33.2 Å². The van der Waals surface area contributed by atoms with Crippen molar-refractivity contribution < 1.29 is 0 Å². The lowest BCUT2D eigenvalue weighted by atomic mass is 10.3. The van der Waals surface area contributed by atoms with Crippen molar-refractivity contribution in [3.8, 4) is 0 Å². The minimum absolute atomic E-state index is 0.665. The van der Waals surface area contributed by atoms with Gasteiger partial charge < -0.3 is 10.6 Å². The van der Waals surface area contributed by atoms with Crippen LogP contribution >= 0.6 is 0 Å². The van der Waals surface area contributed by atoms with Crippen molar-refractivity contribution in [2.75, 3.05) is 19.6 Å². The van der Waals surface area contributed by atoms with E-state index in [1.54, 1.807) is 0 Å². The minimum atomic E-state index is 0.665. The first-order chi connectivity index (χ1) is 4.81. The molecule has 0 rings (SSSR count). The quantitative estimate of drug-likeness (QED) is 0.543. The van der Waals surface area contributed by atoms with Crippen LogP contribution in [0.25, 0.3) is 0 Å². The summed E-state index contributed by atoms with van der Waals surface area (Å²) < 4.78 is 0. The van der Waals surface area contributed by atoms with Gasteiger partial charge in [-0.3, -0.25) is 0 Å². The lowest BCUT2D eigenvalue weighted by Crippen LogP contribution is -2.32. The second kappa shape index (κ2) is 7.03. The fraction of sp³-hybridized carbons (Fsp3) is 1.00. The van der Waals surface area contributed by atoms with Crippen molar-refractivity contribution in [3.63, 3.8) is 0 Å². The summed E-state index contributed by atoms with van der Waals surface area (Å²) in [5.41, 5.74) is 0. The van der Waals surface area contributed by atoms with E-state index in [1.807, 2.05) is 0 Å². The molecule has 2 N–H and O–H groups in total. The molecule has 0 aromatic heterocycles. The van der Waals surface area contributed by atoms with Crippen LogP contribution in [0, 0.1) is 0 Å². The maximum Gasteiger partial charge on any atom is 0.00792 e. The van der Waals surface area contributed by atoms with Gasteiger partial charge in [-0.05, 0) is 19.9 Å². The molecule has 2 nitrogen and oxygen atoms in total. The third-order valence-electron chi connectivity index (χ3n) is 1.66. The van der Waals surface area contributed by atoms with Gasteiger partial charge in [-0.2, -0.15) is 0 Å². The SMILES string of the molecule is CCNCCN[C@@H](C)CC. The highest BCUT2D eigenvalue weighted by Gasteiger charge is 1.93. The second-order valence-corrected chi connectivity index (χ2v) is 2.62. The molecule has 0 heterocycles. The van der Waals surface area contributed by atoms with Crippen LogP contribution in [-0.4, -0.2) is 25.7 Å². The summed E-state index contributed by atoms with van der Waals surface area (Å²) in [4.78, 5) is 0. The summed E-state index contributed by atoms with van der Waals surface area (Å²) in [6.45, 7) is 9.78. The van der Waals surface area contributed by atoms with Gasteiger partial charge in [0, 0.05) is 19.1 Å². The highest BCUT2D eigenvalue weighted by Crippen LogP contribution is 1.84. The standard InChI is InChI=1S/C8H20N2/c1-4-8(3)10-7-6-9-5-2/h8-10H,4-7H2,1-3H3/t8-/m0/s1. The third-order valence-corrected chi connectivity index (χ3v) is 1.66. The van der Waals surface area contributed by atoms with Gasteiger partial charge in [0.15, 0.2) is 0 Å². The topological polar surface area (TPSA) is 24.1 Å². The van der Waals surface area contributed by atoms with Gasteiger partial charge in [0.05, 0.1) is 0 Å². The van der Waals surface area contributed by atoms with Crippen LogP contribution in [0.2, 0.25) is 0 Å². The lowest BCUT2D eigenvalue weighted by Gasteiger charge is -2.10. The van der Waals surface area contributed by atoms with E-state index in [0.717, 1.165) is 19.6 Å². The predicted molar refractivity (Wildman–Crippen MR) is 46.3 cm³/mol. The maximum absolute atomic E-state index is 3.40. The molecular weight excluding hydrogens is 124 g/mol. The molecule has 62 valence electrons. The molecule has 0 saturated heterocycles. The molecule has 0 aromatic carbocycles. The zero-order valence-corrected chi connectivity index (χ0v) is 7.41. The van der Waals surface area contributed by atoms with Gasteiger partial charge in [-0.25, -0.2) is 0 Å². The van der Waals surface area contributed by atoms with E-state index in [0.29, 0.717) is 6.04 Å². The van der Waals surface area contributed by atoms with Crippen molar-refractivity contribution in [3.05, 3.63) is 0 Å². The van der Waals surface area contributed by atoms with Gasteiger partial charge >= 0.3 is 0 Å². The van der Waals surface area contributed by atoms with Gasteiger partial charge in [0.25, 0.3) is 0 Å². The molecule has 0 fully saturated rings. The minimum Gasteiger partial charge on any atom is -0.316 e. The molecule has 0 unspecified atom stereocenters. The van der Waals surface area contributed by atoms with E-state index in [1.165, 1.54) is 6.42 Å². The number of rotatable bonds is 6.